The smallest absolute Gasteiger partial charge is 0.231 e. The van der Waals surface area contributed by atoms with Crippen molar-refractivity contribution in [1.29, 1.82) is 0 Å². The number of imidazole rings is 1. The number of rotatable bonds is 8. The van der Waals surface area contributed by atoms with Crippen LogP contribution in [0.4, 0.5) is 5.82 Å². The van der Waals surface area contributed by atoms with E-state index in [9.17, 15) is 8.42 Å². The van der Waals surface area contributed by atoms with E-state index in [1.54, 1.807) is 19.1 Å². The molecular weight excluding hydrogens is 440 g/mol. The fourth-order valence-electron chi connectivity index (χ4n) is 3.14. The number of hydrogen-bond acceptors (Lipinski definition) is 9. The van der Waals surface area contributed by atoms with Crippen molar-refractivity contribution in [2.24, 2.45) is 0 Å². The van der Waals surface area contributed by atoms with Crippen LogP contribution in [0.3, 0.4) is 0 Å². The Hall–Kier alpha value is -3.01. The monoisotopic (exact) mass is 460 g/mol. The standard InChI is InChI=1S/C19H20N6O4S2/c1-3-12-8-13-14(29-11-28-13)9-15(12)30-19-24-16-17(20)21-10-22-18(16)25(19)6-5-7-31(26,27)23-4-2/h1,8-10,23H,4-7,11H2,2H3,(H2,20,21,22). The van der Waals surface area contributed by atoms with Crippen LogP contribution < -0.4 is 19.9 Å². The van der Waals surface area contributed by atoms with Crippen molar-refractivity contribution in [2.45, 2.75) is 29.9 Å². The molecule has 1 aliphatic heterocycles. The number of nitrogens with one attached hydrogen (secondary N) is 1. The van der Waals surface area contributed by atoms with Gasteiger partial charge in [-0.15, -0.1) is 6.42 Å². The zero-order valence-electron chi connectivity index (χ0n) is 16.7. The highest BCUT2D eigenvalue weighted by Crippen LogP contribution is 2.41. The Morgan fingerprint density at radius 3 is 2.84 bits per heavy atom. The van der Waals surface area contributed by atoms with Gasteiger partial charge in [0.25, 0.3) is 0 Å². The van der Waals surface area contributed by atoms with Crippen molar-refractivity contribution in [3.63, 3.8) is 0 Å². The first-order chi connectivity index (χ1) is 14.9. The summed E-state index contributed by atoms with van der Waals surface area (Å²) in [5.41, 5.74) is 7.59. The molecule has 4 rings (SSSR count). The molecule has 1 aliphatic rings. The molecule has 0 bridgehead atoms. The summed E-state index contributed by atoms with van der Waals surface area (Å²) in [7, 11) is -3.34. The van der Waals surface area contributed by atoms with Gasteiger partial charge < -0.3 is 19.8 Å². The zero-order valence-corrected chi connectivity index (χ0v) is 18.3. The molecule has 0 spiro atoms. The van der Waals surface area contributed by atoms with Gasteiger partial charge >= 0.3 is 0 Å². The van der Waals surface area contributed by atoms with Gasteiger partial charge in [0, 0.05) is 29.6 Å². The maximum absolute atomic E-state index is 12.0. The topological polar surface area (TPSA) is 134 Å². The van der Waals surface area contributed by atoms with E-state index < -0.39 is 10.0 Å². The number of terminal acetylenes is 1. The molecule has 0 fully saturated rings. The van der Waals surface area contributed by atoms with Gasteiger partial charge in [-0.05, 0) is 12.5 Å². The number of fused-ring (bicyclic) bond motifs is 2. The lowest BCUT2D eigenvalue weighted by molar-refractivity contribution is 0.174. The van der Waals surface area contributed by atoms with Crippen LogP contribution in [-0.4, -0.2) is 47.0 Å². The first kappa shape index (κ1) is 21.2. The van der Waals surface area contributed by atoms with Gasteiger partial charge in [-0.2, -0.15) is 0 Å². The van der Waals surface area contributed by atoms with Crippen LogP contribution >= 0.6 is 11.8 Å². The molecule has 3 aromatic rings. The molecule has 10 nitrogen and oxygen atoms in total. The SMILES string of the molecule is C#Cc1cc2c(cc1Sc1nc3c(N)ncnc3n1CCCS(=O)(=O)NCC)OCO2. The van der Waals surface area contributed by atoms with Gasteiger partial charge in [-0.1, -0.05) is 24.6 Å². The van der Waals surface area contributed by atoms with Crippen molar-refractivity contribution < 1.29 is 17.9 Å². The number of hydrogen-bond donors (Lipinski definition) is 2. The lowest BCUT2D eigenvalue weighted by Gasteiger charge is -2.10. The Morgan fingerprint density at radius 1 is 1.32 bits per heavy atom. The average Bonchev–Trinajstić information content (AvgIpc) is 3.32. The van der Waals surface area contributed by atoms with Crippen LogP contribution in [0, 0.1) is 12.3 Å². The number of nitrogen functional groups attached to an aromatic ring is 1. The van der Waals surface area contributed by atoms with Crippen LogP contribution in [0.1, 0.15) is 18.9 Å². The summed E-state index contributed by atoms with van der Waals surface area (Å²) in [6.45, 7) is 2.60. The summed E-state index contributed by atoms with van der Waals surface area (Å²) in [5.74, 6) is 4.06. The number of ether oxygens (including phenoxy) is 2. The highest BCUT2D eigenvalue weighted by Gasteiger charge is 2.21. The highest BCUT2D eigenvalue weighted by atomic mass is 32.2. The van der Waals surface area contributed by atoms with Crippen LogP contribution in [0.25, 0.3) is 11.2 Å². The third-order valence-corrected chi connectivity index (χ3v) is 7.12. The summed E-state index contributed by atoms with van der Waals surface area (Å²) in [4.78, 5) is 13.6. The minimum absolute atomic E-state index is 0.0230. The molecule has 3 N–H and O–H groups in total. The van der Waals surface area contributed by atoms with Gasteiger partial charge in [-0.25, -0.2) is 28.1 Å². The van der Waals surface area contributed by atoms with E-state index in [0.29, 0.717) is 52.9 Å². The normalized spacial score (nSPS) is 12.9. The number of nitrogens with zero attached hydrogens (tertiary/aromatic N) is 4. The molecular formula is C19H20N6O4S2. The molecule has 162 valence electrons. The van der Waals surface area contributed by atoms with Crippen LogP contribution in [-0.2, 0) is 16.6 Å². The molecule has 0 saturated heterocycles. The Morgan fingerprint density at radius 2 is 2.10 bits per heavy atom. The van der Waals surface area contributed by atoms with Crippen LogP contribution in [0.2, 0.25) is 0 Å². The van der Waals surface area contributed by atoms with Gasteiger partial charge in [0.05, 0.1) is 5.75 Å². The summed E-state index contributed by atoms with van der Waals surface area (Å²) < 4.78 is 39.2. The van der Waals surface area contributed by atoms with E-state index >= 15 is 0 Å². The second kappa shape index (κ2) is 8.62. The summed E-state index contributed by atoms with van der Waals surface area (Å²) in [6, 6.07) is 3.55. The fraction of sp³-hybridized carbons (Fsp3) is 0.316. The summed E-state index contributed by atoms with van der Waals surface area (Å²) >= 11 is 1.32. The predicted molar refractivity (Wildman–Crippen MR) is 116 cm³/mol. The third kappa shape index (κ3) is 4.39. The van der Waals surface area contributed by atoms with E-state index in [-0.39, 0.29) is 18.4 Å². The second-order valence-corrected chi connectivity index (χ2v) is 9.53. The Kier molecular flexibility index (Phi) is 5.90. The molecule has 3 heterocycles. The molecule has 0 unspecified atom stereocenters. The molecule has 12 heteroatoms. The predicted octanol–water partition coefficient (Wildman–Crippen LogP) is 1.60. The van der Waals surface area contributed by atoms with Crippen LogP contribution in [0.5, 0.6) is 11.5 Å². The molecule has 0 radical (unpaired) electrons. The average molecular weight is 461 g/mol. The third-order valence-electron chi connectivity index (χ3n) is 4.52. The van der Waals surface area contributed by atoms with Gasteiger partial charge in [0.1, 0.15) is 6.33 Å². The number of aryl methyl sites for hydroxylation is 1. The molecule has 2 aromatic heterocycles. The molecule has 1 aromatic carbocycles. The maximum Gasteiger partial charge on any atom is 0.231 e. The fourth-order valence-corrected chi connectivity index (χ4v) is 5.25. The number of nitrogens with two attached hydrogens (primary N) is 1. The lowest BCUT2D eigenvalue weighted by Crippen LogP contribution is -2.26. The van der Waals surface area contributed by atoms with E-state index in [1.807, 2.05) is 4.57 Å². The van der Waals surface area contributed by atoms with Gasteiger partial charge in [0.2, 0.25) is 16.8 Å². The number of aromatic nitrogens is 4. The maximum atomic E-state index is 12.0. The molecule has 31 heavy (non-hydrogen) atoms. The van der Waals surface area contributed by atoms with Crippen LogP contribution in [0.15, 0.2) is 28.5 Å². The second-order valence-electron chi connectivity index (χ2n) is 6.60. The summed E-state index contributed by atoms with van der Waals surface area (Å²) in [6.07, 6.45) is 7.41. The van der Waals surface area contributed by atoms with Crippen molar-refractivity contribution >= 4 is 38.8 Å². The zero-order chi connectivity index (χ0) is 22.0. The van der Waals surface area contributed by atoms with Gasteiger partial charge in [0.15, 0.2) is 33.6 Å². The summed E-state index contributed by atoms with van der Waals surface area (Å²) in [5, 5.41) is 0.568. The number of anilines is 1. The minimum Gasteiger partial charge on any atom is -0.454 e. The molecule has 0 aliphatic carbocycles. The minimum atomic E-state index is -3.34. The largest absolute Gasteiger partial charge is 0.454 e. The number of benzene rings is 1. The number of sulfonamides is 1. The van der Waals surface area contributed by atoms with Crippen molar-refractivity contribution in [3.05, 3.63) is 24.0 Å². The van der Waals surface area contributed by atoms with Crippen molar-refractivity contribution in [3.8, 4) is 23.8 Å². The Balaban J connectivity index is 1.69. The first-order valence-corrected chi connectivity index (χ1v) is 11.9. The molecule has 0 amide bonds. The van der Waals surface area contributed by atoms with Crippen molar-refractivity contribution in [2.75, 3.05) is 24.8 Å². The van der Waals surface area contributed by atoms with E-state index in [1.165, 1.54) is 18.1 Å². The highest BCUT2D eigenvalue weighted by molar-refractivity contribution is 7.99. The quantitative estimate of drug-likeness (QED) is 0.481. The lowest BCUT2D eigenvalue weighted by atomic mass is 10.2. The first-order valence-electron chi connectivity index (χ1n) is 9.44. The molecule has 0 atom stereocenters. The van der Waals surface area contributed by atoms with E-state index in [2.05, 4.69) is 25.6 Å². The van der Waals surface area contributed by atoms with E-state index in [0.717, 1.165) is 4.90 Å². The van der Waals surface area contributed by atoms with Crippen molar-refractivity contribution in [1.82, 2.24) is 24.2 Å². The van der Waals surface area contributed by atoms with E-state index in [4.69, 9.17) is 21.6 Å². The van der Waals surface area contributed by atoms with Gasteiger partial charge in [-0.3, -0.25) is 0 Å². The Labute approximate surface area is 183 Å². The Bertz CT molecular complexity index is 1280. The molecule has 0 saturated carbocycles.